The molecular formula is C9H17F2NO2. The highest BCUT2D eigenvalue weighted by Crippen LogP contribution is 2.20. The minimum absolute atomic E-state index is 0.310. The Morgan fingerprint density at radius 3 is 2.36 bits per heavy atom. The van der Waals surface area contributed by atoms with E-state index in [2.05, 4.69) is 0 Å². The molecule has 84 valence electrons. The molecule has 0 fully saturated rings. The number of aliphatic carboxylic acids is 1. The van der Waals surface area contributed by atoms with Crippen molar-refractivity contribution in [3.05, 3.63) is 0 Å². The number of hydrogen-bond donors (Lipinski definition) is 1. The Morgan fingerprint density at radius 1 is 1.50 bits per heavy atom. The summed E-state index contributed by atoms with van der Waals surface area (Å²) in [6.07, 6.45) is -2.00. The van der Waals surface area contributed by atoms with Crippen LogP contribution in [0.3, 0.4) is 0 Å². The summed E-state index contributed by atoms with van der Waals surface area (Å²) in [6.45, 7) is 3.23. The maximum atomic E-state index is 11.9. The summed E-state index contributed by atoms with van der Waals surface area (Å²) in [7, 11) is 1.56. The Hall–Kier alpha value is -0.710. The summed E-state index contributed by atoms with van der Waals surface area (Å²) in [5.74, 6) is -0.900. The quantitative estimate of drug-likeness (QED) is 0.723. The molecule has 0 radical (unpaired) electrons. The molecule has 0 saturated carbocycles. The van der Waals surface area contributed by atoms with Gasteiger partial charge >= 0.3 is 5.97 Å². The number of halogens is 2. The molecular weight excluding hydrogens is 192 g/mol. The summed E-state index contributed by atoms with van der Waals surface area (Å²) < 4.78 is 23.8. The minimum Gasteiger partial charge on any atom is -0.481 e. The normalized spacial score (nSPS) is 12.5. The van der Waals surface area contributed by atoms with Crippen molar-refractivity contribution >= 4 is 5.97 Å². The molecule has 14 heavy (non-hydrogen) atoms. The van der Waals surface area contributed by atoms with Crippen LogP contribution in [0, 0.1) is 5.41 Å². The Morgan fingerprint density at radius 2 is 2.00 bits per heavy atom. The second-order valence-corrected chi connectivity index (χ2v) is 4.09. The summed E-state index contributed by atoms with van der Waals surface area (Å²) in [5.41, 5.74) is -0.851. The lowest BCUT2D eigenvalue weighted by Crippen LogP contribution is -2.32. The average molecular weight is 209 g/mol. The maximum Gasteiger partial charge on any atom is 0.309 e. The second kappa shape index (κ2) is 5.24. The first kappa shape index (κ1) is 13.3. The summed E-state index contributed by atoms with van der Waals surface area (Å²) >= 11 is 0. The number of rotatable bonds is 6. The van der Waals surface area contributed by atoms with Crippen LogP contribution < -0.4 is 0 Å². The van der Waals surface area contributed by atoms with Gasteiger partial charge in [-0.3, -0.25) is 4.79 Å². The van der Waals surface area contributed by atoms with Crippen LogP contribution >= 0.6 is 0 Å². The van der Waals surface area contributed by atoms with Crippen molar-refractivity contribution in [3.63, 3.8) is 0 Å². The zero-order valence-electron chi connectivity index (χ0n) is 8.76. The topological polar surface area (TPSA) is 40.5 Å². The van der Waals surface area contributed by atoms with Crippen molar-refractivity contribution in [2.45, 2.75) is 26.7 Å². The van der Waals surface area contributed by atoms with E-state index in [0.717, 1.165) is 0 Å². The SMILES string of the molecule is CN(CCC(C)(C)C(=O)O)CC(F)F. The van der Waals surface area contributed by atoms with Crippen molar-refractivity contribution in [1.82, 2.24) is 4.90 Å². The smallest absolute Gasteiger partial charge is 0.309 e. The van der Waals surface area contributed by atoms with Crippen molar-refractivity contribution in [2.75, 3.05) is 20.1 Å². The average Bonchev–Trinajstić information content (AvgIpc) is 1.99. The lowest BCUT2D eigenvalue weighted by molar-refractivity contribution is -0.147. The van der Waals surface area contributed by atoms with Gasteiger partial charge in [-0.25, -0.2) is 8.78 Å². The highest BCUT2D eigenvalue weighted by molar-refractivity contribution is 5.73. The van der Waals surface area contributed by atoms with Crippen LogP contribution in [0.2, 0.25) is 0 Å². The highest BCUT2D eigenvalue weighted by Gasteiger charge is 2.27. The molecule has 0 aliphatic rings. The molecule has 0 aromatic heterocycles. The van der Waals surface area contributed by atoms with E-state index in [4.69, 9.17) is 5.11 Å². The van der Waals surface area contributed by atoms with Crippen LogP contribution in [0.25, 0.3) is 0 Å². The first-order valence-corrected chi connectivity index (χ1v) is 4.46. The Kier molecular flexibility index (Phi) is 4.97. The molecule has 5 heteroatoms. The molecule has 0 aliphatic carbocycles. The molecule has 0 aromatic rings. The van der Waals surface area contributed by atoms with Gasteiger partial charge in [-0.15, -0.1) is 0 Å². The van der Waals surface area contributed by atoms with E-state index >= 15 is 0 Å². The number of carbonyl (C=O) groups is 1. The molecule has 0 unspecified atom stereocenters. The second-order valence-electron chi connectivity index (χ2n) is 4.09. The molecule has 0 saturated heterocycles. The third kappa shape index (κ3) is 5.11. The Balaban J connectivity index is 3.87. The van der Waals surface area contributed by atoms with Gasteiger partial charge in [-0.05, 0) is 33.9 Å². The van der Waals surface area contributed by atoms with Gasteiger partial charge in [0.15, 0.2) is 0 Å². The lowest BCUT2D eigenvalue weighted by atomic mass is 9.89. The summed E-state index contributed by atoms with van der Waals surface area (Å²) in [5, 5.41) is 8.77. The number of carboxylic acids is 1. The number of hydrogen-bond acceptors (Lipinski definition) is 2. The zero-order valence-corrected chi connectivity index (χ0v) is 8.76. The van der Waals surface area contributed by atoms with Gasteiger partial charge in [0.25, 0.3) is 6.43 Å². The fourth-order valence-electron chi connectivity index (χ4n) is 0.904. The van der Waals surface area contributed by atoms with E-state index in [0.29, 0.717) is 13.0 Å². The van der Waals surface area contributed by atoms with E-state index in [1.807, 2.05) is 0 Å². The Labute approximate surface area is 82.7 Å². The third-order valence-electron chi connectivity index (χ3n) is 2.15. The van der Waals surface area contributed by atoms with Crippen molar-refractivity contribution < 1.29 is 18.7 Å². The first-order valence-electron chi connectivity index (χ1n) is 4.46. The fourth-order valence-corrected chi connectivity index (χ4v) is 0.904. The molecule has 0 aliphatic heterocycles. The summed E-state index contributed by atoms with van der Waals surface area (Å²) in [6, 6.07) is 0. The fraction of sp³-hybridized carbons (Fsp3) is 0.889. The maximum absolute atomic E-state index is 11.9. The molecule has 0 bridgehead atoms. The number of carboxylic acid groups (broad SMARTS) is 1. The largest absolute Gasteiger partial charge is 0.481 e. The van der Waals surface area contributed by atoms with Gasteiger partial charge in [0, 0.05) is 0 Å². The van der Waals surface area contributed by atoms with E-state index < -0.39 is 17.8 Å². The number of alkyl halides is 2. The van der Waals surface area contributed by atoms with E-state index in [1.165, 1.54) is 4.90 Å². The van der Waals surface area contributed by atoms with E-state index in [1.54, 1.807) is 20.9 Å². The van der Waals surface area contributed by atoms with Crippen molar-refractivity contribution in [3.8, 4) is 0 Å². The predicted molar refractivity (Wildman–Crippen MR) is 49.5 cm³/mol. The lowest BCUT2D eigenvalue weighted by Gasteiger charge is -2.23. The molecule has 0 amide bonds. The van der Waals surface area contributed by atoms with Gasteiger partial charge in [0.05, 0.1) is 12.0 Å². The van der Waals surface area contributed by atoms with Crippen molar-refractivity contribution in [1.29, 1.82) is 0 Å². The monoisotopic (exact) mass is 209 g/mol. The highest BCUT2D eigenvalue weighted by atomic mass is 19.3. The molecule has 0 atom stereocenters. The Bertz CT molecular complexity index is 195. The van der Waals surface area contributed by atoms with Gasteiger partial charge in [0.2, 0.25) is 0 Å². The molecule has 0 heterocycles. The van der Waals surface area contributed by atoms with Gasteiger partial charge in [-0.1, -0.05) is 0 Å². The minimum atomic E-state index is -2.37. The van der Waals surface area contributed by atoms with Crippen LogP contribution in [0.15, 0.2) is 0 Å². The summed E-state index contributed by atoms with van der Waals surface area (Å²) in [4.78, 5) is 12.1. The predicted octanol–water partition coefficient (Wildman–Crippen LogP) is 1.68. The van der Waals surface area contributed by atoms with Crippen LogP contribution in [0.4, 0.5) is 8.78 Å². The van der Waals surface area contributed by atoms with Gasteiger partial charge in [0.1, 0.15) is 0 Å². The standard InChI is InChI=1S/C9H17F2NO2/c1-9(2,8(13)14)4-5-12(3)6-7(10)11/h7H,4-6H2,1-3H3,(H,13,14). The van der Waals surface area contributed by atoms with Gasteiger partial charge in [-0.2, -0.15) is 0 Å². The molecule has 0 rings (SSSR count). The first-order chi connectivity index (χ1) is 6.25. The van der Waals surface area contributed by atoms with Gasteiger partial charge < -0.3 is 10.0 Å². The van der Waals surface area contributed by atoms with Crippen LogP contribution in [-0.2, 0) is 4.79 Å². The van der Waals surface area contributed by atoms with E-state index in [-0.39, 0.29) is 6.54 Å². The van der Waals surface area contributed by atoms with Crippen LogP contribution in [0.1, 0.15) is 20.3 Å². The molecule has 0 aromatic carbocycles. The van der Waals surface area contributed by atoms with E-state index in [9.17, 15) is 13.6 Å². The molecule has 1 N–H and O–H groups in total. The zero-order chi connectivity index (χ0) is 11.4. The van der Waals surface area contributed by atoms with Crippen LogP contribution in [-0.4, -0.2) is 42.5 Å². The number of nitrogens with zero attached hydrogens (tertiary/aromatic N) is 1. The third-order valence-corrected chi connectivity index (χ3v) is 2.15. The van der Waals surface area contributed by atoms with Crippen LogP contribution in [0.5, 0.6) is 0 Å². The van der Waals surface area contributed by atoms with Crippen molar-refractivity contribution in [2.24, 2.45) is 5.41 Å². The molecule has 0 spiro atoms. The molecule has 3 nitrogen and oxygen atoms in total.